The summed E-state index contributed by atoms with van der Waals surface area (Å²) in [4.78, 5) is 13.2. The lowest BCUT2D eigenvalue weighted by Crippen LogP contribution is -2.43. The second kappa shape index (κ2) is 6.54. The van der Waals surface area contributed by atoms with Crippen molar-refractivity contribution in [1.82, 2.24) is 9.97 Å². The number of piperidine rings is 1. The highest BCUT2D eigenvalue weighted by molar-refractivity contribution is 5.49. The van der Waals surface area contributed by atoms with E-state index in [0.717, 1.165) is 24.3 Å². The van der Waals surface area contributed by atoms with Crippen molar-refractivity contribution in [2.75, 3.05) is 37.0 Å². The van der Waals surface area contributed by atoms with Gasteiger partial charge in [-0.25, -0.2) is 4.98 Å². The molecule has 5 nitrogen and oxygen atoms in total. The second-order valence-electron chi connectivity index (χ2n) is 6.39. The zero-order chi connectivity index (χ0) is 16.4. The van der Waals surface area contributed by atoms with Crippen LogP contribution in [0.4, 0.5) is 11.8 Å². The molecule has 0 aliphatic carbocycles. The number of aliphatic hydroxyl groups excluding tert-OH is 1. The van der Waals surface area contributed by atoms with Gasteiger partial charge in [-0.1, -0.05) is 30.3 Å². The van der Waals surface area contributed by atoms with Crippen molar-refractivity contribution >= 4 is 11.8 Å². The smallest absolute Gasteiger partial charge is 0.227 e. The highest BCUT2D eigenvalue weighted by atomic mass is 16.3. The Morgan fingerprint density at radius 3 is 2.61 bits per heavy atom. The molecule has 0 amide bonds. The van der Waals surface area contributed by atoms with Gasteiger partial charge in [0.2, 0.25) is 5.95 Å². The maximum atomic E-state index is 10.6. The highest BCUT2D eigenvalue weighted by Gasteiger charge is 2.30. The summed E-state index contributed by atoms with van der Waals surface area (Å²) in [6.07, 6.45) is 2.35. The Bertz CT molecular complexity index is 659. The molecule has 0 saturated carbocycles. The first-order valence-electron chi connectivity index (χ1n) is 8.05. The first-order valence-corrected chi connectivity index (χ1v) is 8.05. The van der Waals surface area contributed by atoms with Gasteiger partial charge in [0.25, 0.3) is 0 Å². The zero-order valence-electron chi connectivity index (χ0n) is 14.0. The van der Waals surface area contributed by atoms with Crippen LogP contribution < -0.4 is 9.80 Å². The van der Waals surface area contributed by atoms with Crippen molar-refractivity contribution < 1.29 is 5.11 Å². The van der Waals surface area contributed by atoms with E-state index in [0.29, 0.717) is 12.5 Å². The van der Waals surface area contributed by atoms with Gasteiger partial charge in [0.1, 0.15) is 5.82 Å². The van der Waals surface area contributed by atoms with Gasteiger partial charge in [-0.05, 0) is 18.9 Å². The molecule has 0 spiro atoms. The first kappa shape index (κ1) is 15.7. The Morgan fingerprint density at radius 2 is 1.96 bits per heavy atom. The molecule has 23 heavy (non-hydrogen) atoms. The van der Waals surface area contributed by atoms with Gasteiger partial charge in [-0.3, -0.25) is 0 Å². The number of nitrogens with zero attached hydrogens (tertiary/aromatic N) is 4. The lowest BCUT2D eigenvalue weighted by Gasteiger charge is -2.36. The third-order valence-corrected chi connectivity index (χ3v) is 4.45. The Balaban J connectivity index is 1.76. The fourth-order valence-corrected chi connectivity index (χ4v) is 3.23. The standard InChI is InChI=1S/C18H24N4O/c1-13-11-19-18(20-17(13)21(2)3)22-10-9-15(16(23)12-22)14-7-5-4-6-8-14/h4-8,11,15-16,23H,9-10,12H2,1-3H3/t15-,16+/m0/s1. The first-order chi connectivity index (χ1) is 11.1. The van der Waals surface area contributed by atoms with Gasteiger partial charge in [-0.15, -0.1) is 0 Å². The molecule has 1 aliphatic rings. The van der Waals surface area contributed by atoms with Crippen LogP contribution in [0.5, 0.6) is 0 Å². The number of aliphatic hydroxyl groups is 1. The number of anilines is 2. The predicted octanol–water partition coefficient (Wildman–Crippen LogP) is 2.21. The fourth-order valence-electron chi connectivity index (χ4n) is 3.23. The molecule has 5 heteroatoms. The van der Waals surface area contributed by atoms with Gasteiger partial charge in [0.05, 0.1) is 6.10 Å². The molecule has 1 aromatic carbocycles. The Labute approximate surface area is 137 Å². The number of β-amino-alcohol motifs (C(OH)–C–C–N with tert-alkyl or cyclic N) is 1. The van der Waals surface area contributed by atoms with Crippen LogP contribution in [0.3, 0.4) is 0 Å². The van der Waals surface area contributed by atoms with Crippen LogP contribution in [0.25, 0.3) is 0 Å². The summed E-state index contributed by atoms with van der Waals surface area (Å²) in [5, 5.41) is 10.6. The average Bonchev–Trinajstić information content (AvgIpc) is 2.55. The molecular formula is C18H24N4O. The summed E-state index contributed by atoms with van der Waals surface area (Å²) in [5.41, 5.74) is 2.26. The number of rotatable bonds is 3. The maximum Gasteiger partial charge on any atom is 0.227 e. The molecular weight excluding hydrogens is 288 g/mol. The van der Waals surface area contributed by atoms with Crippen LogP contribution in [0.2, 0.25) is 0 Å². The molecule has 2 heterocycles. The van der Waals surface area contributed by atoms with Crippen molar-refractivity contribution in [1.29, 1.82) is 0 Å². The largest absolute Gasteiger partial charge is 0.391 e. The summed E-state index contributed by atoms with van der Waals surface area (Å²) in [6, 6.07) is 10.3. The summed E-state index contributed by atoms with van der Waals surface area (Å²) >= 11 is 0. The summed E-state index contributed by atoms with van der Waals surface area (Å²) in [7, 11) is 3.96. The summed E-state index contributed by atoms with van der Waals surface area (Å²) in [6.45, 7) is 3.43. The maximum absolute atomic E-state index is 10.6. The zero-order valence-corrected chi connectivity index (χ0v) is 14.0. The molecule has 2 aromatic rings. The predicted molar refractivity (Wildman–Crippen MR) is 93.1 cm³/mol. The second-order valence-corrected chi connectivity index (χ2v) is 6.39. The molecule has 122 valence electrons. The Kier molecular flexibility index (Phi) is 4.48. The van der Waals surface area contributed by atoms with Crippen LogP contribution in [0.1, 0.15) is 23.5 Å². The number of benzene rings is 1. The van der Waals surface area contributed by atoms with Crippen LogP contribution >= 0.6 is 0 Å². The molecule has 1 fully saturated rings. The Morgan fingerprint density at radius 1 is 1.22 bits per heavy atom. The van der Waals surface area contributed by atoms with Gasteiger partial charge in [0.15, 0.2) is 0 Å². The minimum atomic E-state index is -0.404. The Hall–Kier alpha value is -2.14. The molecule has 0 radical (unpaired) electrons. The van der Waals surface area contributed by atoms with Crippen LogP contribution in [-0.2, 0) is 0 Å². The van der Waals surface area contributed by atoms with E-state index < -0.39 is 6.10 Å². The van der Waals surface area contributed by atoms with Crippen molar-refractivity contribution in [3.8, 4) is 0 Å². The quantitative estimate of drug-likeness (QED) is 0.942. The van der Waals surface area contributed by atoms with Crippen LogP contribution in [0.15, 0.2) is 36.5 Å². The van der Waals surface area contributed by atoms with Crippen LogP contribution in [-0.4, -0.2) is 48.4 Å². The van der Waals surface area contributed by atoms with E-state index in [9.17, 15) is 5.11 Å². The number of aromatic nitrogens is 2. The van der Waals surface area contributed by atoms with Gasteiger partial charge < -0.3 is 14.9 Å². The van der Waals surface area contributed by atoms with Gasteiger partial charge in [0, 0.05) is 44.9 Å². The lowest BCUT2D eigenvalue weighted by molar-refractivity contribution is 0.129. The van der Waals surface area contributed by atoms with Crippen molar-refractivity contribution in [3.05, 3.63) is 47.7 Å². The average molecular weight is 312 g/mol. The van der Waals surface area contributed by atoms with E-state index in [1.165, 1.54) is 5.56 Å². The number of hydrogen-bond donors (Lipinski definition) is 1. The minimum Gasteiger partial charge on any atom is -0.391 e. The van der Waals surface area contributed by atoms with Crippen molar-refractivity contribution in [2.45, 2.75) is 25.4 Å². The van der Waals surface area contributed by atoms with Crippen molar-refractivity contribution in [2.24, 2.45) is 0 Å². The highest BCUT2D eigenvalue weighted by Crippen LogP contribution is 2.30. The molecule has 3 rings (SSSR count). The molecule has 1 aromatic heterocycles. The minimum absolute atomic E-state index is 0.186. The SMILES string of the molecule is Cc1cnc(N2CC[C@@H](c3ccccc3)[C@H](O)C2)nc1N(C)C. The summed E-state index contributed by atoms with van der Waals surface area (Å²) in [5.74, 6) is 1.81. The molecule has 0 bridgehead atoms. The van der Waals surface area contributed by atoms with Gasteiger partial charge in [-0.2, -0.15) is 4.98 Å². The number of hydrogen-bond acceptors (Lipinski definition) is 5. The molecule has 2 atom stereocenters. The van der Waals surface area contributed by atoms with Crippen LogP contribution in [0, 0.1) is 6.92 Å². The van der Waals surface area contributed by atoms with E-state index in [4.69, 9.17) is 0 Å². The third-order valence-electron chi connectivity index (χ3n) is 4.45. The van der Waals surface area contributed by atoms with Crippen molar-refractivity contribution in [3.63, 3.8) is 0 Å². The van der Waals surface area contributed by atoms with E-state index in [-0.39, 0.29) is 5.92 Å². The van der Waals surface area contributed by atoms with E-state index in [2.05, 4.69) is 27.0 Å². The van der Waals surface area contributed by atoms with E-state index in [1.807, 2.05) is 50.3 Å². The third kappa shape index (κ3) is 3.29. The van der Waals surface area contributed by atoms with E-state index >= 15 is 0 Å². The molecule has 1 saturated heterocycles. The lowest BCUT2D eigenvalue weighted by atomic mass is 9.87. The normalized spacial score (nSPS) is 21.3. The van der Waals surface area contributed by atoms with Gasteiger partial charge >= 0.3 is 0 Å². The molecule has 1 N–H and O–H groups in total. The van der Waals surface area contributed by atoms with E-state index in [1.54, 1.807) is 0 Å². The molecule has 0 unspecified atom stereocenters. The number of aryl methyl sites for hydroxylation is 1. The monoisotopic (exact) mass is 312 g/mol. The topological polar surface area (TPSA) is 52.5 Å². The summed E-state index contributed by atoms with van der Waals surface area (Å²) < 4.78 is 0. The molecule has 1 aliphatic heterocycles. The fraction of sp³-hybridized carbons (Fsp3) is 0.444.